The minimum Gasteiger partial charge on any atom is -0.481 e. The number of nitrogens with zero attached hydrogens (tertiary/aromatic N) is 4. The second-order valence-electron chi connectivity index (χ2n) is 21.8. The highest BCUT2D eigenvalue weighted by atomic mass is 16.4. The summed E-state index contributed by atoms with van der Waals surface area (Å²) in [5, 5.41) is 38.6. The molecule has 8 bridgehead atoms. The van der Waals surface area contributed by atoms with E-state index in [-0.39, 0.29) is 101 Å². The number of nitrogens with one attached hydrogen (secondary N) is 1. The van der Waals surface area contributed by atoms with Crippen LogP contribution in [0.4, 0.5) is 22.7 Å². The van der Waals surface area contributed by atoms with Crippen LogP contribution < -0.4 is 24.9 Å². The molecule has 8 aromatic rings. The first kappa shape index (κ1) is 60.2. The quantitative estimate of drug-likeness (QED) is 0.0666. The summed E-state index contributed by atoms with van der Waals surface area (Å²) in [6.45, 7) is 1.20. The van der Waals surface area contributed by atoms with E-state index in [1.54, 1.807) is 19.6 Å². The molecule has 438 valence electrons. The summed E-state index contributed by atoms with van der Waals surface area (Å²) in [5.41, 5.74) is 7.36. The summed E-state index contributed by atoms with van der Waals surface area (Å²) in [7, 11) is 0. The standard InChI is InChI=1S/C69H71N5O11/c75-60(10-6-7-51-19-20-54-22-21-52-8-5-9-53-23-32-59(51)69(54)68(52)53)70-40-39-64(79)74-44-4-3-43-73(63(78)35-38-67(84)85)57-28-13-48(14-29-57)45-47-11-24-55(25-12-47)71(61(76)33-36-65(80)81)41-1-2-42-72(62(77)34-37-66(82)83)56-26-15-49(16-27-56)46-50-17-30-58(74)31-18-50/h5,8-9,11-32H,1-4,6-7,10,33-46H2,(H,70,75)(H,80,81)(H,82,83)(H,84,85). The fourth-order valence-corrected chi connectivity index (χ4v) is 11.3. The van der Waals surface area contributed by atoms with Crippen molar-refractivity contribution in [3.05, 3.63) is 179 Å². The number of amides is 5. The number of carbonyl (C=O) groups excluding carboxylic acids is 5. The molecule has 16 heteroatoms. The van der Waals surface area contributed by atoms with Crippen LogP contribution in [0.25, 0.3) is 32.3 Å². The van der Waals surface area contributed by atoms with E-state index >= 15 is 0 Å². The fraction of sp³-hybridized carbons (Fsp3) is 0.304. The average molecular weight is 1150 g/mol. The number of rotatable bonds is 16. The predicted molar refractivity (Wildman–Crippen MR) is 331 cm³/mol. The zero-order valence-corrected chi connectivity index (χ0v) is 47.7. The highest BCUT2D eigenvalue weighted by Gasteiger charge is 2.23. The molecule has 0 saturated carbocycles. The molecule has 0 atom stereocenters. The maximum absolute atomic E-state index is 14.3. The van der Waals surface area contributed by atoms with Crippen LogP contribution in [-0.4, -0.2) is 95.5 Å². The third-order valence-electron chi connectivity index (χ3n) is 15.8. The van der Waals surface area contributed by atoms with Crippen LogP contribution in [0.5, 0.6) is 0 Å². The van der Waals surface area contributed by atoms with Crippen LogP contribution in [0, 0.1) is 0 Å². The Bertz CT molecular complexity index is 3660. The van der Waals surface area contributed by atoms with Crippen LogP contribution in [0.2, 0.25) is 0 Å². The van der Waals surface area contributed by atoms with E-state index in [9.17, 15) is 53.7 Å². The predicted octanol–water partition coefficient (Wildman–Crippen LogP) is 11.5. The van der Waals surface area contributed by atoms with Gasteiger partial charge in [0.15, 0.2) is 0 Å². The van der Waals surface area contributed by atoms with Crippen molar-refractivity contribution in [1.82, 2.24) is 5.32 Å². The van der Waals surface area contributed by atoms with Gasteiger partial charge in [-0.1, -0.05) is 103 Å². The Morgan fingerprint density at radius 1 is 0.365 bits per heavy atom. The second-order valence-corrected chi connectivity index (χ2v) is 21.8. The molecule has 5 amide bonds. The van der Waals surface area contributed by atoms with E-state index < -0.39 is 17.9 Å². The number of benzene rings is 8. The topological polar surface area (TPSA) is 222 Å². The molecule has 8 aromatic carbocycles. The monoisotopic (exact) mass is 1150 g/mol. The summed E-state index contributed by atoms with van der Waals surface area (Å²) in [4.78, 5) is 110. The highest BCUT2D eigenvalue weighted by molar-refractivity contribution is 6.23. The third-order valence-corrected chi connectivity index (χ3v) is 15.8. The molecule has 0 spiro atoms. The third kappa shape index (κ3) is 16.0. The van der Waals surface area contributed by atoms with Crippen LogP contribution in [-0.2, 0) is 57.6 Å². The van der Waals surface area contributed by atoms with Crippen molar-refractivity contribution < 1.29 is 53.7 Å². The first-order chi connectivity index (χ1) is 41.2. The number of hydrogen-bond donors (Lipinski definition) is 4. The zero-order valence-electron chi connectivity index (χ0n) is 47.7. The number of aryl methyl sites for hydroxylation is 1. The van der Waals surface area contributed by atoms with E-state index in [1.807, 2.05) is 97.1 Å². The molecule has 4 N–H and O–H groups in total. The summed E-state index contributed by atoms with van der Waals surface area (Å²) in [5.74, 6) is -4.64. The molecular weight excluding hydrogens is 1070 g/mol. The fourth-order valence-electron chi connectivity index (χ4n) is 11.3. The van der Waals surface area contributed by atoms with Gasteiger partial charge in [0.1, 0.15) is 0 Å². The molecule has 0 saturated heterocycles. The lowest BCUT2D eigenvalue weighted by Crippen LogP contribution is -2.36. The van der Waals surface area contributed by atoms with Gasteiger partial charge in [0.2, 0.25) is 29.5 Å². The maximum atomic E-state index is 14.3. The Hall–Kier alpha value is -9.44. The number of aliphatic carboxylic acids is 3. The van der Waals surface area contributed by atoms with Crippen molar-refractivity contribution in [3.8, 4) is 0 Å². The lowest BCUT2D eigenvalue weighted by molar-refractivity contribution is -0.139. The first-order valence-corrected chi connectivity index (χ1v) is 29.3. The van der Waals surface area contributed by atoms with Crippen molar-refractivity contribution in [3.63, 3.8) is 0 Å². The van der Waals surface area contributed by atoms with Gasteiger partial charge in [-0.05, 0) is 160 Å². The molecular formula is C69H71N5O11. The first-order valence-electron chi connectivity index (χ1n) is 29.3. The van der Waals surface area contributed by atoms with E-state index in [0.29, 0.717) is 80.7 Å². The van der Waals surface area contributed by atoms with Gasteiger partial charge in [-0.2, -0.15) is 0 Å². The van der Waals surface area contributed by atoms with E-state index in [1.165, 1.54) is 37.9 Å². The lowest BCUT2D eigenvalue weighted by atomic mass is 9.90. The lowest BCUT2D eigenvalue weighted by Gasteiger charge is -2.26. The number of anilines is 4. The normalized spacial score (nSPS) is 13.6. The molecule has 7 aliphatic rings. The molecule has 15 rings (SSSR count). The molecule has 0 fully saturated rings. The van der Waals surface area contributed by atoms with Gasteiger partial charge in [0, 0.05) is 87.6 Å². The smallest absolute Gasteiger partial charge is 0.303 e. The van der Waals surface area contributed by atoms with E-state index in [2.05, 4.69) is 59.9 Å². The Kier molecular flexibility index (Phi) is 20.3. The Morgan fingerprint density at radius 2 is 0.706 bits per heavy atom. The van der Waals surface area contributed by atoms with Crippen molar-refractivity contribution in [2.75, 3.05) is 52.3 Å². The second kappa shape index (κ2) is 28.7. The van der Waals surface area contributed by atoms with Crippen molar-refractivity contribution in [1.29, 1.82) is 0 Å². The molecule has 85 heavy (non-hydrogen) atoms. The van der Waals surface area contributed by atoms with Gasteiger partial charge in [-0.25, -0.2) is 0 Å². The number of carbonyl (C=O) groups is 8. The maximum Gasteiger partial charge on any atom is 0.303 e. The van der Waals surface area contributed by atoms with Gasteiger partial charge >= 0.3 is 17.9 Å². The van der Waals surface area contributed by atoms with Gasteiger partial charge in [0.25, 0.3) is 0 Å². The SMILES string of the molecule is O=C(O)CCC(=O)N1CCCCN(C(=O)CCNC(=O)CCCc2ccc3ccc4cccc5ccc2c3c45)c2ccc(cc2)Cc2ccc(cc2)N(C(=O)CCC(=O)O)CCCCN(C(=O)CCC(=O)O)c2ccc(cc2)Cc2ccc1cc2. The molecule has 0 radical (unpaired) electrons. The van der Waals surface area contributed by atoms with Crippen molar-refractivity contribution in [2.45, 2.75) is 103 Å². The van der Waals surface area contributed by atoms with Crippen LogP contribution in [0.1, 0.15) is 111 Å². The minimum atomic E-state index is -1.09. The van der Waals surface area contributed by atoms with Crippen molar-refractivity contribution >= 4 is 103 Å². The van der Waals surface area contributed by atoms with Gasteiger partial charge in [-0.15, -0.1) is 0 Å². The number of carboxylic acids is 3. The molecule has 0 aliphatic carbocycles. The van der Waals surface area contributed by atoms with Gasteiger partial charge in [0.05, 0.1) is 19.3 Å². The molecule has 0 unspecified atom stereocenters. The molecule has 7 heterocycles. The molecule has 0 aromatic heterocycles. The van der Waals surface area contributed by atoms with Gasteiger partial charge in [-0.3, -0.25) is 38.4 Å². The molecule has 7 aliphatic heterocycles. The average Bonchev–Trinajstić information content (AvgIpc) is 2.38. The zero-order chi connectivity index (χ0) is 59.8. The highest BCUT2D eigenvalue weighted by Crippen LogP contribution is 2.36. The van der Waals surface area contributed by atoms with E-state index in [4.69, 9.17) is 0 Å². The summed E-state index contributed by atoms with van der Waals surface area (Å²) in [6.07, 6.45) is 2.99. The van der Waals surface area contributed by atoms with Crippen LogP contribution in [0.15, 0.2) is 152 Å². The summed E-state index contributed by atoms with van der Waals surface area (Å²) >= 11 is 0. The molecule has 16 nitrogen and oxygen atoms in total. The summed E-state index contributed by atoms with van der Waals surface area (Å²) in [6, 6.07) is 49.3. The summed E-state index contributed by atoms with van der Waals surface area (Å²) < 4.78 is 0. The minimum absolute atomic E-state index is 0.0493. The largest absolute Gasteiger partial charge is 0.481 e. The van der Waals surface area contributed by atoms with Crippen LogP contribution >= 0.6 is 0 Å². The van der Waals surface area contributed by atoms with Gasteiger partial charge < -0.3 is 40.2 Å². The number of hydrogen-bond acceptors (Lipinski definition) is 8. The Balaban J connectivity index is 0.915. The number of carboxylic acid groups (broad SMARTS) is 3. The van der Waals surface area contributed by atoms with E-state index in [0.717, 1.165) is 28.7 Å². The van der Waals surface area contributed by atoms with Crippen molar-refractivity contribution in [2.24, 2.45) is 0 Å². The van der Waals surface area contributed by atoms with Crippen LogP contribution in [0.3, 0.4) is 0 Å². The Labute approximate surface area is 494 Å². The Morgan fingerprint density at radius 3 is 1.08 bits per heavy atom.